The molecule has 1 amide bonds. The van der Waals surface area contributed by atoms with Crippen LogP contribution in [0.3, 0.4) is 0 Å². The molecule has 0 aliphatic carbocycles. The highest BCUT2D eigenvalue weighted by Crippen LogP contribution is 2.26. The van der Waals surface area contributed by atoms with Crippen LogP contribution in [0.4, 0.5) is 5.13 Å². The van der Waals surface area contributed by atoms with Gasteiger partial charge in [0, 0.05) is 26.4 Å². The maximum absolute atomic E-state index is 12.1. The van der Waals surface area contributed by atoms with Gasteiger partial charge in [-0.15, -0.1) is 0 Å². The summed E-state index contributed by atoms with van der Waals surface area (Å²) in [5.41, 5.74) is 0.869. The zero-order valence-electron chi connectivity index (χ0n) is 10.7. The number of aryl methyl sites for hydroxylation is 1. The minimum Gasteiger partial charge on any atom is -0.294 e. The quantitative estimate of drug-likeness (QED) is 0.798. The van der Waals surface area contributed by atoms with Crippen molar-refractivity contribution in [2.24, 2.45) is 0 Å². The predicted molar refractivity (Wildman–Crippen MR) is 71.6 cm³/mol. The minimum atomic E-state index is -0.308. The number of Topliss-reactive ketones (excluding diaryl/α,β-unsaturated/α-hetero) is 1. The molecule has 0 aliphatic heterocycles. The molecule has 0 saturated heterocycles. The van der Waals surface area contributed by atoms with Crippen molar-refractivity contribution >= 4 is 28.2 Å². The van der Waals surface area contributed by atoms with Crippen LogP contribution in [0.5, 0.6) is 0 Å². The second kappa shape index (κ2) is 5.23. The van der Waals surface area contributed by atoms with Crippen molar-refractivity contribution in [3.8, 4) is 0 Å². The lowest BCUT2D eigenvalue weighted by Crippen LogP contribution is -2.27. The molecule has 6 nitrogen and oxygen atoms in total. The number of hydrogen-bond acceptors (Lipinski definition) is 6. The summed E-state index contributed by atoms with van der Waals surface area (Å²) < 4.78 is 0. The molecular weight excluding hydrogens is 264 g/mol. The van der Waals surface area contributed by atoms with Crippen LogP contribution in [0.1, 0.15) is 32.8 Å². The molecule has 0 aromatic carbocycles. The molecule has 0 fully saturated rings. The molecule has 2 heterocycles. The summed E-state index contributed by atoms with van der Waals surface area (Å²) in [4.78, 5) is 37.5. The first-order valence-corrected chi connectivity index (χ1v) is 6.34. The zero-order valence-corrected chi connectivity index (χ0v) is 11.6. The van der Waals surface area contributed by atoms with E-state index >= 15 is 0 Å². The van der Waals surface area contributed by atoms with E-state index < -0.39 is 0 Å². The van der Waals surface area contributed by atoms with Crippen molar-refractivity contribution in [2.45, 2.75) is 13.8 Å². The Hall–Kier alpha value is -2.15. The van der Waals surface area contributed by atoms with Crippen LogP contribution in [-0.4, -0.2) is 33.7 Å². The molecule has 0 spiro atoms. The monoisotopic (exact) mass is 276 g/mol. The Morgan fingerprint density at radius 3 is 2.58 bits per heavy atom. The third kappa shape index (κ3) is 2.65. The second-order valence-corrected chi connectivity index (χ2v) is 4.90. The smallest absolute Gasteiger partial charge is 0.279 e. The maximum Gasteiger partial charge on any atom is 0.279 e. The minimum absolute atomic E-state index is 0.0541. The van der Waals surface area contributed by atoms with E-state index in [1.807, 2.05) is 0 Å². The fourth-order valence-electron chi connectivity index (χ4n) is 1.52. The van der Waals surface area contributed by atoms with Crippen LogP contribution >= 0.6 is 11.3 Å². The van der Waals surface area contributed by atoms with E-state index in [9.17, 15) is 9.59 Å². The van der Waals surface area contributed by atoms with Crippen LogP contribution in [0.15, 0.2) is 18.6 Å². The molecule has 2 rings (SSSR count). The molecule has 2 aromatic heterocycles. The van der Waals surface area contributed by atoms with E-state index in [1.54, 1.807) is 14.0 Å². The standard InChI is InChI=1S/C12H12N4O2S/c1-7-10(8(2)17)19-12(15-7)16(3)11(18)9-6-13-4-5-14-9/h4-6H,1-3H3. The second-order valence-electron chi connectivity index (χ2n) is 3.92. The summed E-state index contributed by atoms with van der Waals surface area (Å²) in [6.45, 7) is 3.23. The molecule has 7 heteroatoms. The number of anilines is 1. The molecule has 0 atom stereocenters. The van der Waals surface area contributed by atoms with Crippen molar-refractivity contribution < 1.29 is 9.59 Å². The van der Waals surface area contributed by atoms with Crippen LogP contribution in [0.2, 0.25) is 0 Å². The number of thiazole rings is 1. The Morgan fingerprint density at radius 1 is 1.32 bits per heavy atom. The predicted octanol–water partition coefficient (Wildman–Crippen LogP) is 1.72. The van der Waals surface area contributed by atoms with E-state index in [0.717, 1.165) is 0 Å². The number of aromatic nitrogens is 3. The third-order valence-corrected chi connectivity index (χ3v) is 3.81. The number of hydrogen-bond donors (Lipinski definition) is 0. The van der Waals surface area contributed by atoms with Crippen LogP contribution < -0.4 is 4.90 Å². The van der Waals surface area contributed by atoms with Gasteiger partial charge >= 0.3 is 0 Å². The highest BCUT2D eigenvalue weighted by molar-refractivity contribution is 7.17. The van der Waals surface area contributed by atoms with Gasteiger partial charge in [0.1, 0.15) is 5.69 Å². The largest absolute Gasteiger partial charge is 0.294 e. The van der Waals surface area contributed by atoms with E-state index in [-0.39, 0.29) is 17.4 Å². The fourth-order valence-corrected chi connectivity index (χ4v) is 2.44. The molecule has 98 valence electrons. The number of amides is 1. The van der Waals surface area contributed by atoms with Gasteiger partial charge in [0.25, 0.3) is 5.91 Å². The number of carbonyl (C=O) groups excluding carboxylic acids is 2. The Bertz CT molecular complexity index is 624. The number of rotatable bonds is 3. The Balaban J connectivity index is 2.30. The lowest BCUT2D eigenvalue weighted by molar-refractivity contribution is 0.0985. The lowest BCUT2D eigenvalue weighted by atomic mass is 10.3. The van der Waals surface area contributed by atoms with Crippen molar-refractivity contribution in [3.05, 3.63) is 34.9 Å². The van der Waals surface area contributed by atoms with Gasteiger partial charge in [-0.25, -0.2) is 9.97 Å². The topological polar surface area (TPSA) is 76.1 Å². The van der Waals surface area contributed by atoms with Crippen molar-refractivity contribution in [2.75, 3.05) is 11.9 Å². The first-order valence-electron chi connectivity index (χ1n) is 5.53. The van der Waals surface area contributed by atoms with Gasteiger partial charge in [0.2, 0.25) is 0 Å². The summed E-state index contributed by atoms with van der Waals surface area (Å²) >= 11 is 1.19. The first kappa shape index (κ1) is 13.3. The third-order valence-electron chi connectivity index (χ3n) is 2.48. The van der Waals surface area contributed by atoms with E-state index in [0.29, 0.717) is 15.7 Å². The fraction of sp³-hybridized carbons (Fsp3) is 0.250. The average molecular weight is 276 g/mol. The molecule has 0 N–H and O–H groups in total. The SMILES string of the molecule is CC(=O)c1sc(N(C)C(=O)c2cnccn2)nc1C. The zero-order chi connectivity index (χ0) is 14.0. The van der Waals surface area contributed by atoms with E-state index in [2.05, 4.69) is 15.0 Å². The maximum atomic E-state index is 12.1. The van der Waals surface area contributed by atoms with Gasteiger partial charge in [-0.05, 0) is 6.92 Å². The average Bonchev–Trinajstić information content (AvgIpc) is 2.80. The number of ketones is 1. The summed E-state index contributed by atoms with van der Waals surface area (Å²) in [6, 6.07) is 0. The van der Waals surface area contributed by atoms with Gasteiger partial charge in [0.15, 0.2) is 10.9 Å². The summed E-state index contributed by atoms with van der Waals surface area (Å²) in [7, 11) is 1.60. The van der Waals surface area contributed by atoms with Gasteiger partial charge in [-0.1, -0.05) is 11.3 Å². The normalized spacial score (nSPS) is 10.3. The first-order chi connectivity index (χ1) is 9.00. The molecule has 0 bridgehead atoms. The van der Waals surface area contributed by atoms with Crippen LogP contribution in [-0.2, 0) is 0 Å². The molecule has 2 aromatic rings. The highest BCUT2D eigenvalue weighted by atomic mass is 32.1. The Kier molecular flexibility index (Phi) is 3.66. The van der Waals surface area contributed by atoms with Gasteiger partial charge in [-0.2, -0.15) is 0 Å². The molecular formula is C12H12N4O2S. The molecule has 0 radical (unpaired) electrons. The van der Waals surface area contributed by atoms with Gasteiger partial charge in [-0.3, -0.25) is 19.5 Å². The van der Waals surface area contributed by atoms with Crippen molar-refractivity contribution in [3.63, 3.8) is 0 Å². The van der Waals surface area contributed by atoms with Crippen LogP contribution in [0, 0.1) is 6.92 Å². The van der Waals surface area contributed by atoms with Gasteiger partial charge < -0.3 is 0 Å². The summed E-state index contributed by atoms with van der Waals surface area (Å²) in [5.74, 6) is -0.362. The van der Waals surface area contributed by atoms with Crippen LogP contribution in [0.25, 0.3) is 0 Å². The highest BCUT2D eigenvalue weighted by Gasteiger charge is 2.20. The Labute approximate surface area is 114 Å². The molecule has 19 heavy (non-hydrogen) atoms. The Morgan fingerprint density at radius 2 is 2.05 bits per heavy atom. The molecule has 0 unspecified atom stereocenters. The van der Waals surface area contributed by atoms with Crippen molar-refractivity contribution in [1.29, 1.82) is 0 Å². The molecule has 0 aliphatic rings. The molecule has 0 saturated carbocycles. The van der Waals surface area contributed by atoms with E-state index in [1.165, 1.54) is 41.8 Å². The lowest BCUT2D eigenvalue weighted by Gasteiger charge is -2.12. The summed E-state index contributed by atoms with van der Waals surface area (Å²) in [6.07, 6.45) is 4.35. The van der Waals surface area contributed by atoms with Gasteiger partial charge in [0.05, 0.1) is 16.8 Å². The summed E-state index contributed by atoms with van der Waals surface area (Å²) in [5, 5.41) is 0.471. The number of carbonyl (C=O) groups is 2. The van der Waals surface area contributed by atoms with E-state index in [4.69, 9.17) is 0 Å². The number of nitrogens with zero attached hydrogens (tertiary/aromatic N) is 4. The van der Waals surface area contributed by atoms with Crippen molar-refractivity contribution in [1.82, 2.24) is 15.0 Å².